The van der Waals surface area contributed by atoms with Gasteiger partial charge in [-0.25, -0.2) is 4.98 Å². The molecule has 98 valence electrons. The maximum absolute atomic E-state index is 4.01. The van der Waals surface area contributed by atoms with E-state index in [9.17, 15) is 0 Å². The van der Waals surface area contributed by atoms with Crippen molar-refractivity contribution in [2.24, 2.45) is 0 Å². The fourth-order valence-electron chi connectivity index (χ4n) is 2.39. The first-order valence-electron chi connectivity index (χ1n) is 6.32. The number of hydrogen-bond donors (Lipinski definition) is 2. The van der Waals surface area contributed by atoms with E-state index in [0.717, 1.165) is 18.8 Å². The van der Waals surface area contributed by atoms with Crippen molar-refractivity contribution in [3.63, 3.8) is 0 Å². The molecule has 2 N–H and O–H groups in total. The summed E-state index contributed by atoms with van der Waals surface area (Å²) < 4.78 is 0. The van der Waals surface area contributed by atoms with E-state index in [1.807, 2.05) is 6.20 Å². The molecule has 1 fully saturated rings. The highest BCUT2D eigenvalue weighted by Crippen LogP contribution is 2.13. The van der Waals surface area contributed by atoms with E-state index < -0.39 is 0 Å². The van der Waals surface area contributed by atoms with Gasteiger partial charge in [0.1, 0.15) is 0 Å². The smallest absolute Gasteiger partial charge is 0.0922 e. The van der Waals surface area contributed by atoms with Crippen LogP contribution in [-0.2, 0) is 6.54 Å². The highest BCUT2D eigenvalue weighted by Gasteiger charge is 2.19. The van der Waals surface area contributed by atoms with E-state index in [1.165, 1.54) is 32.4 Å². The van der Waals surface area contributed by atoms with Gasteiger partial charge >= 0.3 is 0 Å². The van der Waals surface area contributed by atoms with Crippen LogP contribution in [0, 0.1) is 0 Å². The molecule has 2 rings (SSSR count). The quantitative estimate of drug-likeness (QED) is 0.818. The Morgan fingerprint density at radius 3 is 2.82 bits per heavy atom. The number of hydrogen-bond acceptors (Lipinski definition) is 3. The fourth-order valence-corrected chi connectivity index (χ4v) is 2.39. The van der Waals surface area contributed by atoms with E-state index in [2.05, 4.69) is 27.1 Å². The lowest BCUT2D eigenvalue weighted by Crippen LogP contribution is -2.40. The summed E-state index contributed by atoms with van der Waals surface area (Å²) in [4.78, 5) is 9.73. The third kappa shape index (κ3) is 4.30. The molecular weight excluding hydrogens is 236 g/mol. The monoisotopic (exact) mass is 258 g/mol. The Labute approximate surface area is 110 Å². The average molecular weight is 259 g/mol. The SMILES string of the molecule is CCC(CNCc1cnc[nH]1)N1CCCC1.Cl. The molecule has 0 aromatic carbocycles. The lowest BCUT2D eigenvalue weighted by atomic mass is 10.2. The standard InChI is InChI=1S/C12H22N4.ClH/c1-2-12(16-5-3-4-6-16)9-13-7-11-8-14-10-15-11;/h8,10,12-13H,2-7,9H2,1H3,(H,14,15);1H. The first kappa shape index (κ1) is 14.5. The minimum atomic E-state index is 0. The van der Waals surface area contributed by atoms with Gasteiger partial charge < -0.3 is 10.3 Å². The molecule has 0 aliphatic carbocycles. The van der Waals surface area contributed by atoms with Gasteiger partial charge in [-0.05, 0) is 32.4 Å². The topological polar surface area (TPSA) is 44.0 Å². The minimum absolute atomic E-state index is 0. The molecular formula is C12H23ClN4. The van der Waals surface area contributed by atoms with Crippen LogP contribution in [-0.4, -0.2) is 40.5 Å². The predicted molar refractivity (Wildman–Crippen MR) is 72.4 cm³/mol. The summed E-state index contributed by atoms with van der Waals surface area (Å²) in [6.07, 6.45) is 7.59. The maximum atomic E-state index is 4.01. The zero-order valence-corrected chi connectivity index (χ0v) is 11.3. The van der Waals surface area contributed by atoms with Crippen molar-refractivity contribution < 1.29 is 0 Å². The first-order chi connectivity index (χ1) is 7.90. The van der Waals surface area contributed by atoms with Crippen LogP contribution in [0.25, 0.3) is 0 Å². The van der Waals surface area contributed by atoms with Crippen LogP contribution < -0.4 is 5.32 Å². The molecule has 0 saturated carbocycles. The molecule has 2 heterocycles. The van der Waals surface area contributed by atoms with Crippen LogP contribution in [0.4, 0.5) is 0 Å². The predicted octanol–water partition coefficient (Wildman–Crippen LogP) is 1.80. The number of rotatable bonds is 6. The van der Waals surface area contributed by atoms with Gasteiger partial charge in [-0.3, -0.25) is 4.90 Å². The third-order valence-corrected chi connectivity index (χ3v) is 3.38. The Bertz CT molecular complexity index is 283. The van der Waals surface area contributed by atoms with Gasteiger partial charge in [0.2, 0.25) is 0 Å². The number of imidazole rings is 1. The van der Waals surface area contributed by atoms with Gasteiger partial charge in [-0.2, -0.15) is 0 Å². The van der Waals surface area contributed by atoms with Crippen molar-refractivity contribution in [1.82, 2.24) is 20.2 Å². The molecule has 5 heteroatoms. The molecule has 1 aliphatic heterocycles. The summed E-state index contributed by atoms with van der Waals surface area (Å²) >= 11 is 0. The number of aromatic nitrogens is 2. The lowest BCUT2D eigenvalue weighted by molar-refractivity contribution is 0.229. The molecule has 0 amide bonds. The Hall–Kier alpha value is -0.580. The molecule has 0 bridgehead atoms. The first-order valence-corrected chi connectivity index (χ1v) is 6.32. The summed E-state index contributed by atoms with van der Waals surface area (Å²) in [5.41, 5.74) is 1.16. The maximum Gasteiger partial charge on any atom is 0.0922 e. The van der Waals surface area contributed by atoms with Crippen molar-refractivity contribution in [2.75, 3.05) is 19.6 Å². The highest BCUT2D eigenvalue weighted by atomic mass is 35.5. The second kappa shape index (κ2) is 7.69. The summed E-state index contributed by atoms with van der Waals surface area (Å²) in [5, 5.41) is 3.50. The fraction of sp³-hybridized carbons (Fsp3) is 0.750. The van der Waals surface area contributed by atoms with Crippen molar-refractivity contribution in [1.29, 1.82) is 0 Å². The van der Waals surface area contributed by atoms with Crippen LogP contribution in [0.3, 0.4) is 0 Å². The van der Waals surface area contributed by atoms with Gasteiger partial charge in [0.25, 0.3) is 0 Å². The van der Waals surface area contributed by atoms with Crippen LogP contribution in [0.1, 0.15) is 31.9 Å². The molecule has 1 atom stereocenters. The van der Waals surface area contributed by atoms with Gasteiger partial charge in [0.15, 0.2) is 0 Å². The van der Waals surface area contributed by atoms with E-state index in [0.29, 0.717) is 6.04 Å². The Balaban J connectivity index is 0.00000144. The molecule has 1 saturated heterocycles. The van der Waals surface area contributed by atoms with Crippen molar-refractivity contribution in [3.8, 4) is 0 Å². The molecule has 1 aromatic rings. The third-order valence-electron chi connectivity index (χ3n) is 3.38. The molecule has 0 radical (unpaired) electrons. The number of H-pyrrole nitrogens is 1. The largest absolute Gasteiger partial charge is 0.347 e. The lowest BCUT2D eigenvalue weighted by Gasteiger charge is -2.26. The normalized spacial score (nSPS) is 17.9. The van der Waals surface area contributed by atoms with E-state index >= 15 is 0 Å². The second-order valence-corrected chi connectivity index (χ2v) is 4.51. The van der Waals surface area contributed by atoms with Gasteiger partial charge in [0.05, 0.1) is 6.33 Å². The summed E-state index contributed by atoms with van der Waals surface area (Å²) in [6.45, 7) is 6.81. The molecule has 0 spiro atoms. The van der Waals surface area contributed by atoms with Crippen molar-refractivity contribution in [2.45, 2.75) is 38.8 Å². The van der Waals surface area contributed by atoms with Gasteiger partial charge in [0, 0.05) is 31.0 Å². The number of aromatic amines is 1. The van der Waals surface area contributed by atoms with Crippen LogP contribution in [0.5, 0.6) is 0 Å². The number of nitrogens with zero attached hydrogens (tertiary/aromatic N) is 2. The molecule has 17 heavy (non-hydrogen) atoms. The average Bonchev–Trinajstić information content (AvgIpc) is 2.96. The van der Waals surface area contributed by atoms with Gasteiger partial charge in [-0.15, -0.1) is 12.4 Å². The molecule has 4 nitrogen and oxygen atoms in total. The van der Waals surface area contributed by atoms with Crippen LogP contribution in [0.15, 0.2) is 12.5 Å². The van der Waals surface area contributed by atoms with Crippen LogP contribution >= 0.6 is 12.4 Å². The summed E-state index contributed by atoms with van der Waals surface area (Å²) in [5.74, 6) is 0. The van der Waals surface area contributed by atoms with Crippen LogP contribution in [0.2, 0.25) is 0 Å². The number of halogens is 1. The summed E-state index contributed by atoms with van der Waals surface area (Å²) in [6, 6.07) is 0.699. The Morgan fingerprint density at radius 2 is 2.24 bits per heavy atom. The minimum Gasteiger partial charge on any atom is -0.347 e. The van der Waals surface area contributed by atoms with Crippen molar-refractivity contribution >= 4 is 12.4 Å². The molecule has 1 aliphatic rings. The zero-order chi connectivity index (χ0) is 11.2. The van der Waals surface area contributed by atoms with E-state index in [1.54, 1.807) is 6.33 Å². The van der Waals surface area contributed by atoms with E-state index in [-0.39, 0.29) is 12.4 Å². The highest BCUT2D eigenvalue weighted by molar-refractivity contribution is 5.85. The Morgan fingerprint density at radius 1 is 1.47 bits per heavy atom. The summed E-state index contributed by atoms with van der Waals surface area (Å²) in [7, 11) is 0. The van der Waals surface area contributed by atoms with Gasteiger partial charge in [-0.1, -0.05) is 6.92 Å². The number of nitrogens with one attached hydrogen (secondary N) is 2. The zero-order valence-electron chi connectivity index (χ0n) is 10.5. The van der Waals surface area contributed by atoms with E-state index in [4.69, 9.17) is 0 Å². The molecule has 1 unspecified atom stereocenters. The Kier molecular flexibility index (Phi) is 6.55. The number of likely N-dealkylation sites (tertiary alicyclic amines) is 1. The second-order valence-electron chi connectivity index (χ2n) is 4.51. The molecule has 1 aromatic heterocycles. The van der Waals surface area contributed by atoms with Crippen molar-refractivity contribution in [3.05, 3.63) is 18.2 Å².